The van der Waals surface area contributed by atoms with Crippen LogP contribution in [0.25, 0.3) is 11.0 Å². The van der Waals surface area contributed by atoms with E-state index in [1.807, 2.05) is 36.6 Å². The van der Waals surface area contributed by atoms with E-state index in [-0.39, 0.29) is 30.7 Å². The molecule has 0 radical (unpaired) electrons. The fourth-order valence-corrected chi connectivity index (χ4v) is 4.21. The first-order valence-electron chi connectivity index (χ1n) is 10.5. The number of anilines is 1. The van der Waals surface area contributed by atoms with Crippen LogP contribution in [-0.2, 0) is 9.59 Å². The number of nitrogens with zero attached hydrogens (tertiary/aromatic N) is 2. The van der Waals surface area contributed by atoms with Crippen LogP contribution in [0.4, 0.5) is 10.5 Å². The summed E-state index contributed by atoms with van der Waals surface area (Å²) in [5.74, 6) is 1.06. The highest BCUT2D eigenvalue weighted by atomic mass is 32.2. The van der Waals surface area contributed by atoms with Gasteiger partial charge in [0, 0.05) is 6.42 Å². The van der Waals surface area contributed by atoms with Gasteiger partial charge in [-0.1, -0.05) is 30.3 Å². The Hall–Kier alpha value is -3.33. The maximum absolute atomic E-state index is 12.7. The van der Waals surface area contributed by atoms with Crippen molar-refractivity contribution in [3.05, 3.63) is 60.4 Å². The van der Waals surface area contributed by atoms with Crippen molar-refractivity contribution in [3.8, 4) is 0 Å². The average molecular weight is 452 g/mol. The molecule has 0 spiro atoms. The summed E-state index contributed by atoms with van der Waals surface area (Å²) in [4.78, 5) is 46.7. The molecule has 3 aromatic rings. The zero-order valence-corrected chi connectivity index (χ0v) is 18.5. The van der Waals surface area contributed by atoms with Crippen LogP contribution in [0.5, 0.6) is 0 Å². The number of H-pyrrole nitrogens is 1. The minimum absolute atomic E-state index is 0.120. The van der Waals surface area contributed by atoms with Crippen LogP contribution >= 0.6 is 11.8 Å². The van der Waals surface area contributed by atoms with Crippen molar-refractivity contribution in [1.82, 2.24) is 20.6 Å². The van der Waals surface area contributed by atoms with E-state index in [2.05, 4.69) is 20.6 Å². The van der Waals surface area contributed by atoms with Gasteiger partial charge in [-0.3, -0.25) is 9.59 Å². The van der Waals surface area contributed by atoms with Gasteiger partial charge in [0.05, 0.1) is 22.8 Å². The lowest BCUT2D eigenvalue weighted by Crippen LogP contribution is -2.34. The van der Waals surface area contributed by atoms with Crippen molar-refractivity contribution in [2.75, 3.05) is 16.9 Å². The van der Waals surface area contributed by atoms with Gasteiger partial charge in [0.15, 0.2) is 0 Å². The van der Waals surface area contributed by atoms with Gasteiger partial charge in [-0.25, -0.2) is 14.7 Å². The highest BCUT2D eigenvalue weighted by Crippen LogP contribution is 2.22. The number of aromatic nitrogens is 2. The molecule has 1 fully saturated rings. The van der Waals surface area contributed by atoms with Gasteiger partial charge in [0.1, 0.15) is 11.9 Å². The number of benzene rings is 2. The van der Waals surface area contributed by atoms with E-state index in [1.54, 1.807) is 36.0 Å². The van der Waals surface area contributed by atoms with E-state index in [1.165, 1.54) is 0 Å². The molecule has 0 aliphatic carbocycles. The lowest BCUT2D eigenvalue weighted by Gasteiger charge is -2.17. The molecule has 4 rings (SSSR count). The van der Waals surface area contributed by atoms with Gasteiger partial charge in [-0.15, -0.1) is 0 Å². The fraction of sp³-hybridized carbons (Fsp3) is 0.304. The Morgan fingerprint density at radius 3 is 2.66 bits per heavy atom. The molecule has 2 atom stereocenters. The molecule has 4 amide bonds. The van der Waals surface area contributed by atoms with Crippen molar-refractivity contribution >= 4 is 46.3 Å². The summed E-state index contributed by atoms with van der Waals surface area (Å²) in [7, 11) is 0. The first-order valence-corrected chi connectivity index (χ1v) is 11.9. The molecule has 3 N–H and O–H groups in total. The Morgan fingerprint density at radius 1 is 1.16 bits per heavy atom. The lowest BCUT2D eigenvalue weighted by atomic mass is 10.1. The quantitative estimate of drug-likeness (QED) is 0.433. The third-order valence-corrected chi connectivity index (χ3v) is 6.02. The van der Waals surface area contributed by atoms with Crippen LogP contribution in [-0.4, -0.2) is 45.9 Å². The van der Waals surface area contributed by atoms with E-state index in [0.29, 0.717) is 11.5 Å². The molecule has 1 saturated heterocycles. The van der Waals surface area contributed by atoms with Gasteiger partial charge in [-0.2, -0.15) is 11.8 Å². The number of amides is 4. The maximum Gasteiger partial charge on any atom is 0.329 e. The molecular weight excluding hydrogens is 426 g/mol. The van der Waals surface area contributed by atoms with Crippen molar-refractivity contribution in [3.63, 3.8) is 0 Å². The van der Waals surface area contributed by atoms with Gasteiger partial charge < -0.3 is 15.6 Å². The number of rotatable bonds is 9. The van der Waals surface area contributed by atoms with Crippen molar-refractivity contribution in [1.29, 1.82) is 0 Å². The number of hydrogen-bond acceptors (Lipinski definition) is 5. The normalized spacial score (nSPS) is 16.9. The highest BCUT2D eigenvalue weighted by molar-refractivity contribution is 7.98. The molecule has 8 nitrogen and oxygen atoms in total. The summed E-state index contributed by atoms with van der Waals surface area (Å²) in [6, 6.07) is 15.1. The Bertz CT molecular complexity index is 1080. The molecule has 1 aliphatic heterocycles. The summed E-state index contributed by atoms with van der Waals surface area (Å²) in [5, 5.41) is 5.72. The summed E-state index contributed by atoms with van der Waals surface area (Å²) >= 11 is 1.70. The third kappa shape index (κ3) is 4.77. The molecule has 0 saturated carbocycles. The summed E-state index contributed by atoms with van der Waals surface area (Å²) < 4.78 is 0. The molecule has 9 heteroatoms. The highest BCUT2D eigenvalue weighted by Gasteiger charge is 2.38. The number of carbonyl (C=O) groups is 3. The SMILES string of the molecule is CSCC[C@H](NC(=O)CC[C@@H]1NC(=O)N(c2ccccc2)C1=O)c1nc2ccccc2[nH]1. The number of thioether (sulfide) groups is 1. The summed E-state index contributed by atoms with van der Waals surface area (Å²) in [6.45, 7) is 0. The van der Waals surface area contributed by atoms with Crippen molar-refractivity contribution < 1.29 is 14.4 Å². The number of hydrogen-bond donors (Lipinski definition) is 3. The number of fused-ring (bicyclic) bond motifs is 1. The molecule has 166 valence electrons. The van der Waals surface area contributed by atoms with Crippen LogP contribution in [0, 0.1) is 0 Å². The molecule has 1 aromatic heterocycles. The van der Waals surface area contributed by atoms with Gasteiger partial charge >= 0.3 is 6.03 Å². The van der Waals surface area contributed by atoms with Crippen LogP contribution < -0.4 is 15.5 Å². The Morgan fingerprint density at radius 2 is 1.91 bits per heavy atom. The summed E-state index contributed by atoms with van der Waals surface area (Å²) in [5.41, 5.74) is 2.29. The lowest BCUT2D eigenvalue weighted by molar-refractivity contribution is -0.122. The largest absolute Gasteiger partial charge is 0.346 e. The second-order valence-electron chi connectivity index (χ2n) is 7.59. The number of carbonyl (C=O) groups excluding carboxylic acids is 3. The predicted molar refractivity (Wildman–Crippen MR) is 125 cm³/mol. The molecule has 0 unspecified atom stereocenters. The van der Waals surface area contributed by atoms with E-state index in [0.717, 1.165) is 28.1 Å². The number of nitrogens with one attached hydrogen (secondary N) is 3. The molecule has 1 aliphatic rings. The molecule has 0 bridgehead atoms. The first-order chi connectivity index (χ1) is 15.6. The van der Waals surface area contributed by atoms with E-state index in [4.69, 9.17) is 0 Å². The predicted octanol–water partition coefficient (Wildman–Crippen LogP) is 3.38. The zero-order chi connectivity index (χ0) is 22.5. The van der Waals surface area contributed by atoms with Gasteiger partial charge in [-0.05, 0) is 49.1 Å². The average Bonchev–Trinajstić information content (AvgIpc) is 3.36. The second-order valence-corrected chi connectivity index (χ2v) is 8.58. The number of aromatic amines is 1. The van der Waals surface area contributed by atoms with E-state index in [9.17, 15) is 14.4 Å². The third-order valence-electron chi connectivity index (χ3n) is 5.38. The molecule has 32 heavy (non-hydrogen) atoms. The Kier molecular flexibility index (Phi) is 6.75. The maximum atomic E-state index is 12.7. The van der Waals surface area contributed by atoms with E-state index < -0.39 is 12.1 Å². The monoisotopic (exact) mass is 451 g/mol. The smallest absolute Gasteiger partial charge is 0.329 e. The first kappa shape index (κ1) is 21.9. The van der Waals surface area contributed by atoms with Crippen LogP contribution in [0.15, 0.2) is 54.6 Å². The molecule has 2 heterocycles. The second kappa shape index (κ2) is 9.86. The minimum atomic E-state index is -0.718. The minimum Gasteiger partial charge on any atom is -0.346 e. The van der Waals surface area contributed by atoms with Crippen LogP contribution in [0.2, 0.25) is 0 Å². The van der Waals surface area contributed by atoms with Gasteiger partial charge in [0.25, 0.3) is 5.91 Å². The van der Waals surface area contributed by atoms with Crippen LogP contribution in [0.1, 0.15) is 31.1 Å². The van der Waals surface area contributed by atoms with E-state index >= 15 is 0 Å². The topological polar surface area (TPSA) is 107 Å². The van der Waals surface area contributed by atoms with Crippen molar-refractivity contribution in [2.45, 2.75) is 31.3 Å². The zero-order valence-electron chi connectivity index (χ0n) is 17.7. The number of para-hydroxylation sites is 3. The summed E-state index contributed by atoms with van der Waals surface area (Å²) in [6.07, 6.45) is 3.10. The molecular formula is C23H25N5O3S. The molecule has 2 aromatic carbocycles. The number of imide groups is 1. The van der Waals surface area contributed by atoms with Crippen molar-refractivity contribution in [2.24, 2.45) is 0 Å². The Balaban J connectivity index is 1.38. The number of imidazole rings is 1. The van der Waals surface area contributed by atoms with Gasteiger partial charge in [0.2, 0.25) is 5.91 Å². The standard InChI is InChI=1S/C23H25N5O3S/c1-32-14-13-18(21-25-16-9-5-6-10-17(16)26-21)24-20(29)12-11-19-22(30)28(23(31)27-19)15-7-3-2-4-8-15/h2-10,18-19H,11-14H2,1H3,(H,24,29)(H,25,26)(H,27,31)/t18-,19-/m0/s1. The fourth-order valence-electron chi connectivity index (χ4n) is 3.74. The Labute approximate surface area is 190 Å². The van der Waals surface area contributed by atoms with Crippen LogP contribution in [0.3, 0.4) is 0 Å². The number of urea groups is 1.